The average molecular weight is 509 g/mol. The lowest BCUT2D eigenvalue weighted by molar-refractivity contribution is -0.135. The molecule has 190 valence electrons. The first kappa shape index (κ1) is 24.8. The van der Waals surface area contributed by atoms with Gasteiger partial charge < -0.3 is 25.2 Å². The van der Waals surface area contributed by atoms with Crippen molar-refractivity contribution < 1.29 is 14.7 Å². The average Bonchev–Trinajstić information content (AvgIpc) is 3.27. The number of nitrogens with zero attached hydrogens (tertiary/aromatic N) is 2. The number of hydrogen-bond acceptors (Lipinski definition) is 4. The third-order valence-corrected chi connectivity index (χ3v) is 7.78. The number of H-pyrrole nitrogens is 1. The molecule has 0 spiro atoms. The highest BCUT2D eigenvalue weighted by Crippen LogP contribution is 2.26. The molecule has 1 unspecified atom stereocenters. The van der Waals surface area contributed by atoms with E-state index in [2.05, 4.69) is 15.2 Å². The summed E-state index contributed by atoms with van der Waals surface area (Å²) in [5, 5.41) is 14.4. The highest BCUT2D eigenvalue weighted by Gasteiger charge is 2.31. The van der Waals surface area contributed by atoms with Gasteiger partial charge in [-0.25, -0.2) is 0 Å². The molecule has 3 heterocycles. The van der Waals surface area contributed by atoms with Crippen molar-refractivity contribution in [3.8, 4) is 0 Å². The second-order valence-electron chi connectivity index (χ2n) is 10.0. The van der Waals surface area contributed by atoms with E-state index in [0.717, 1.165) is 61.8 Å². The summed E-state index contributed by atoms with van der Waals surface area (Å²) in [5.41, 5.74) is 2.01. The zero-order valence-electron chi connectivity index (χ0n) is 20.3. The minimum absolute atomic E-state index is 0.0783. The summed E-state index contributed by atoms with van der Waals surface area (Å²) in [6, 6.07) is 14.0. The van der Waals surface area contributed by atoms with Gasteiger partial charge in [0.2, 0.25) is 5.91 Å². The minimum Gasteiger partial charge on any atom is -0.392 e. The van der Waals surface area contributed by atoms with Crippen LogP contribution in [0.5, 0.6) is 0 Å². The predicted octanol–water partition coefficient (Wildman–Crippen LogP) is 3.99. The number of fused-ring (bicyclic) bond motifs is 1. The van der Waals surface area contributed by atoms with Crippen molar-refractivity contribution in [2.45, 2.75) is 37.8 Å². The van der Waals surface area contributed by atoms with E-state index in [1.165, 1.54) is 0 Å². The Balaban J connectivity index is 1.26. The molecule has 2 fully saturated rings. The van der Waals surface area contributed by atoms with Crippen molar-refractivity contribution >= 4 is 34.3 Å². The van der Waals surface area contributed by atoms with Gasteiger partial charge in [-0.15, -0.1) is 0 Å². The fourth-order valence-corrected chi connectivity index (χ4v) is 5.68. The van der Waals surface area contributed by atoms with Crippen LogP contribution < -0.4 is 5.32 Å². The molecule has 5 rings (SSSR count). The summed E-state index contributed by atoms with van der Waals surface area (Å²) >= 11 is 6.17. The van der Waals surface area contributed by atoms with Gasteiger partial charge in [0.25, 0.3) is 5.91 Å². The number of likely N-dealkylation sites (tertiary alicyclic amines) is 2. The molecule has 2 saturated heterocycles. The molecule has 2 aromatic carbocycles. The minimum atomic E-state index is -0.754. The largest absolute Gasteiger partial charge is 0.392 e. The Kier molecular flexibility index (Phi) is 7.60. The van der Waals surface area contributed by atoms with Crippen molar-refractivity contribution in [3.05, 3.63) is 70.9 Å². The third-order valence-electron chi connectivity index (χ3n) is 7.47. The van der Waals surface area contributed by atoms with E-state index < -0.39 is 6.04 Å². The maximum absolute atomic E-state index is 13.7. The van der Waals surface area contributed by atoms with Crippen molar-refractivity contribution in [1.82, 2.24) is 20.1 Å². The molecular weight excluding hydrogens is 476 g/mol. The monoisotopic (exact) mass is 508 g/mol. The first-order chi connectivity index (χ1) is 17.5. The second kappa shape index (κ2) is 11.0. The lowest BCUT2D eigenvalue weighted by atomic mass is 9.94. The topological polar surface area (TPSA) is 88.7 Å². The van der Waals surface area contributed by atoms with Gasteiger partial charge in [0.15, 0.2) is 0 Å². The number of aliphatic hydroxyl groups excluding tert-OH is 1. The van der Waals surface area contributed by atoms with Crippen LogP contribution in [-0.4, -0.2) is 70.5 Å². The molecule has 0 radical (unpaired) electrons. The molecule has 0 bridgehead atoms. The molecule has 0 saturated carbocycles. The molecule has 3 aromatic rings. The number of aromatic nitrogens is 1. The maximum Gasteiger partial charge on any atom is 0.252 e. The highest BCUT2D eigenvalue weighted by atomic mass is 35.5. The Morgan fingerprint density at radius 3 is 2.61 bits per heavy atom. The van der Waals surface area contributed by atoms with Gasteiger partial charge in [-0.1, -0.05) is 48.0 Å². The third kappa shape index (κ3) is 5.59. The van der Waals surface area contributed by atoms with E-state index in [1.807, 2.05) is 41.3 Å². The number of rotatable bonds is 6. The number of aliphatic hydroxyl groups is 1. The number of aromatic amines is 1. The number of piperidine rings is 2. The highest BCUT2D eigenvalue weighted by molar-refractivity contribution is 6.35. The zero-order chi connectivity index (χ0) is 25.1. The molecule has 2 aliphatic heterocycles. The van der Waals surface area contributed by atoms with Gasteiger partial charge in [0, 0.05) is 48.8 Å². The van der Waals surface area contributed by atoms with Crippen LogP contribution in [0.25, 0.3) is 10.9 Å². The number of β-amino-alcohol motifs (C(OH)–C–C–N with tert-alkyl or cyclic N) is 1. The van der Waals surface area contributed by atoms with E-state index in [9.17, 15) is 14.7 Å². The zero-order valence-corrected chi connectivity index (χ0v) is 21.1. The molecule has 8 heteroatoms. The fraction of sp³-hybridized carbons (Fsp3) is 0.429. The van der Waals surface area contributed by atoms with Gasteiger partial charge in [0.05, 0.1) is 11.1 Å². The lowest BCUT2D eigenvalue weighted by Crippen LogP contribution is -2.48. The predicted molar refractivity (Wildman–Crippen MR) is 141 cm³/mol. The smallest absolute Gasteiger partial charge is 0.252 e. The van der Waals surface area contributed by atoms with Crippen LogP contribution in [0.15, 0.2) is 54.7 Å². The van der Waals surface area contributed by atoms with E-state index in [-0.39, 0.29) is 17.9 Å². The quantitative estimate of drug-likeness (QED) is 0.470. The number of benzene rings is 2. The maximum atomic E-state index is 13.7. The van der Waals surface area contributed by atoms with Crippen LogP contribution >= 0.6 is 11.6 Å². The number of amides is 2. The Labute approximate surface area is 216 Å². The van der Waals surface area contributed by atoms with Crippen LogP contribution in [-0.2, 0) is 4.79 Å². The summed E-state index contributed by atoms with van der Waals surface area (Å²) in [6.07, 6.45) is 5.27. The van der Waals surface area contributed by atoms with Crippen LogP contribution in [0.3, 0.4) is 0 Å². The molecule has 0 aliphatic carbocycles. The Morgan fingerprint density at radius 2 is 1.86 bits per heavy atom. The standard InChI is InChI=1S/C28H33ClN4O3/c29-24-16-30-25-15-21(8-9-23(24)25)27(35)31-26(20-5-2-1-3-6-20)28(36)33-13-10-19(11-14-33)17-32-12-4-7-22(34)18-32/h1-3,5-6,8-9,15-16,19,22,26,30,34H,4,7,10-14,17-18H2,(H,31,35)/t22?,26-/m1/s1. The van der Waals surface area contributed by atoms with E-state index in [4.69, 9.17) is 11.6 Å². The van der Waals surface area contributed by atoms with Crippen LogP contribution in [0, 0.1) is 5.92 Å². The Bertz CT molecular complexity index is 1210. The molecule has 7 nitrogen and oxygen atoms in total. The van der Waals surface area contributed by atoms with Crippen molar-refractivity contribution in [3.63, 3.8) is 0 Å². The number of nitrogens with one attached hydrogen (secondary N) is 2. The molecule has 3 N–H and O–H groups in total. The van der Waals surface area contributed by atoms with Crippen LogP contribution in [0.4, 0.5) is 0 Å². The Hall–Kier alpha value is -2.87. The van der Waals surface area contributed by atoms with E-state index >= 15 is 0 Å². The summed E-state index contributed by atoms with van der Waals surface area (Å²) in [6.45, 7) is 4.11. The second-order valence-corrected chi connectivity index (χ2v) is 10.4. The normalized spacial score (nSPS) is 20.4. The molecule has 36 heavy (non-hydrogen) atoms. The number of halogens is 1. The first-order valence-corrected chi connectivity index (χ1v) is 13.2. The molecule has 2 amide bonds. The van der Waals surface area contributed by atoms with E-state index in [1.54, 1.807) is 18.3 Å². The summed E-state index contributed by atoms with van der Waals surface area (Å²) in [4.78, 5) is 34.2. The van der Waals surface area contributed by atoms with Crippen molar-refractivity contribution in [1.29, 1.82) is 0 Å². The summed E-state index contributed by atoms with van der Waals surface area (Å²) < 4.78 is 0. The molecule has 1 aromatic heterocycles. The first-order valence-electron chi connectivity index (χ1n) is 12.8. The molecular formula is C28H33ClN4O3. The molecule has 2 aliphatic rings. The van der Waals surface area contributed by atoms with Gasteiger partial charge in [-0.05, 0) is 55.8 Å². The number of carbonyl (C=O) groups excluding carboxylic acids is 2. The Morgan fingerprint density at radius 1 is 1.08 bits per heavy atom. The van der Waals surface area contributed by atoms with Gasteiger partial charge in [-0.2, -0.15) is 0 Å². The number of hydrogen-bond donors (Lipinski definition) is 3. The van der Waals surface area contributed by atoms with Crippen LogP contribution in [0.1, 0.15) is 47.6 Å². The summed E-state index contributed by atoms with van der Waals surface area (Å²) in [7, 11) is 0. The fourth-order valence-electron chi connectivity index (χ4n) is 5.46. The van der Waals surface area contributed by atoms with Crippen LogP contribution in [0.2, 0.25) is 5.02 Å². The van der Waals surface area contributed by atoms with Gasteiger partial charge >= 0.3 is 0 Å². The van der Waals surface area contributed by atoms with Crippen molar-refractivity contribution in [2.75, 3.05) is 32.7 Å². The van der Waals surface area contributed by atoms with Crippen molar-refractivity contribution in [2.24, 2.45) is 5.92 Å². The molecule has 2 atom stereocenters. The number of carbonyl (C=O) groups is 2. The lowest BCUT2D eigenvalue weighted by Gasteiger charge is -2.38. The van der Waals surface area contributed by atoms with Gasteiger partial charge in [0.1, 0.15) is 6.04 Å². The SMILES string of the molecule is O=C(N[C@@H](C(=O)N1CCC(CN2CCCC(O)C2)CC1)c1ccccc1)c1ccc2c(Cl)c[nH]c2c1. The van der Waals surface area contributed by atoms with Gasteiger partial charge in [-0.3, -0.25) is 9.59 Å². The van der Waals surface area contributed by atoms with E-state index in [0.29, 0.717) is 29.6 Å². The summed E-state index contributed by atoms with van der Waals surface area (Å²) in [5.74, 6) is 0.136.